The lowest BCUT2D eigenvalue weighted by molar-refractivity contribution is -0.155. The topological polar surface area (TPSA) is 57.4 Å². The Hall–Kier alpha value is -1.79. The molecule has 0 amide bonds. The summed E-state index contributed by atoms with van der Waals surface area (Å²) in [5.74, 6) is 0.230. The Kier molecular flexibility index (Phi) is 4.81. The molecule has 0 bridgehead atoms. The Balaban J connectivity index is 2.24. The van der Waals surface area contributed by atoms with E-state index in [0.29, 0.717) is 30.2 Å². The Morgan fingerprint density at radius 1 is 1.25 bits per heavy atom. The van der Waals surface area contributed by atoms with Gasteiger partial charge in [-0.2, -0.15) is 4.98 Å². The smallest absolute Gasteiger partial charge is 0.283 e. The highest BCUT2D eigenvalue weighted by atomic mass is 19.1. The van der Waals surface area contributed by atoms with Crippen molar-refractivity contribution < 1.29 is 18.4 Å². The van der Waals surface area contributed by atoms with Gasteiger partial charge in [-0.15, -0.1) is 0 Å². The minimum absolute atomic E-state index is 0.227. The number of ether oxygens (including phenoxy) is 2. The molecule has 5 nitrogen and oxygen atoms in total. The molecule has 0 saturated carbocycles. The molecule has 1 heterocycles. The van der Waals surface area contributed by atoms with Crippen LogP contribution in [0.5, 0.6) is 0 Å². The van der Waals surface area contributed by atoms with Gasteiger partial charge in [0.15, 0.2) is 0 Å². The second-order valence-corrected chi connectivity index (χ2v) is 4.16. The van der Waals surface area contributed by atoms with Crippen molar-refractivity contribution in [3.8, 4) is 11.4 Å². The summed E-state index contributed by atoms with van der Waals surface area (Å²) in [4.78, 5) is 4.19. The van der Waals surface area contributed by atoms with Crippen LogP contribution >= 0.6 is 0 Å². The average molecular weight is 280 g/mol. The fourth-order valence-corrected chi connectivity index (χ4v) is 1.67. The highest BCUT2D eigenvalue weighted by Crippen LogP contribution is 2.23. The first kappa shape index (κ1) is 14.6. The summed E-state index contributed by atoms with van der Waals surface area (Å²) >= 11 is 0. The third kappa shape index (κ3) is 3.20. The predicted molar refractivity (Wildman–Crippen MR) is 70.4 cm³/mol. The zero-order chi connectivity index (χ0) is 14.5. The largest absolute Gasteiger partial charge is 0.345 e. The Labute approximate surface area is 116 Å². The predicted octanol–water partition coefficient (Wildman–Crippen LogP) is 3.26. The molecule has 2 rings (SSSR count). The zero-order valence-electron chi connectivity index (χ0n) is 11.7. The Morgan fingerprint density at radius 3 is 2.55 bits per heavy atom. The monoisotopic (exact) mass is 280 g/mol. The van der Waals surface area contributed by atoms with E-state index in [0.717, 1.165) is 0 Å². The third-order valence-corrected chi connectivity index (χ3v) is 2.71. The van der Waals surface area contributed by atoms with Crippen molar-refractivity contribution in [1.82, 2.24) is 10.1 Å². The zero-order valence-corrected chi connectivity index (χ0v) is 11.7. The second kappa shape index (κ2) is 6.58. The maximum atomic E-state index is 13.5. The van der Waals surface area contributed by atoms with Crippen LogP contribution in [-0.4, -0.2) is 23.4 Å². The molecule has 0 fully saturated rings. The average Bonchev–Trinajstić information content (AvgIpc) is 2.91. The van der Waals surface area contributed by atoms with Crippen LogP contribution < -0.4 is 0 Å². The van der Waals surface area contributed by atoms with E-state index >= 15 is 0 Å². The molecule has 0 radical (unpaired) electrons. The van der Waals surface area contributed by atoms with Crippen LogP contribution in [0.3, 0.4) is 0 Å². The quantitative estimate of drug-likeness (QED) is 0.760. The van der Waals surface area contributed by atoms with E-state index in [1.807, 2.05) is 13.8 Å². The second-order valence-electron chi connectivity index (χ2n) is 4.16. The van der Waals surface area contributed by atoms with Gasteiger partial charge in [0.2, 0.25) is 12.1 Å². The van der Waals surface area contributed by atoms with Gasteiger partial charge in [0.1, 0.15) is 5.82 Å². The molecule has 0 atom stereocenters. The van der Waals surface area contributed by atoms with Gasteiger partial charge >= 0.3 is 0 Å². The highest BCUT2D eigenvalue weighted by Gasteiger charge is 2.20. The summed E-state index contributed by atoms with van der Waals surface area (Å²) in [5.41, 5.74) is 1.12. The van der Waals surface area contributed by atoms with Crippen LogP contribution in [0.4, 0.5) is 4.39 Å². The van der Waals surface area contributed by atoms with Crippen LogP contribution in [0.2, 0.25) is 0 Å². The molecule has 1 aromatic carbocycles. The fourth-order valence-electron chi connectivity index (χ4n) is 1.67. The van der Waals surface area contributed by atoms with Crippen molar-refractivity contribution in [2.45, 2.75) is 27.1 Å². The van der Waals surface area contributed by atoms with Crippen molar-refractivity contribution in [1.29, 1.82) is 0 Å². The molecule has 0 aliphatic carbocycles. The van der Waals surface area contributed by atoms with Crippen LogP contribution in [0, 0.1) is 12.7 Å². The number of aryl methyl sites for hydroxylation is 1. The van der Waals surface area contributed by atoms with Gasteiger partial charge in [0, 0.05) is 18.8 Å². The molecule has 0 N–H and O–H groups in total. The first-order valence-corrected chi connectivity index (χ1v) is 6.49. The lowest BCUT2D eigenvalue weighted by Gasteiger charge is -2.11. The van der Waals surface area contributed by atoms with E-state index in [9.17, 15) is 4.39 Å². The Morgan fingerprint density at radius 2 is 1.95 bits per heavy atom. The molecule has 6 heteroatoms. The summed E-state index contributed by atoms with van der Waals surface area (Å²) in [7, 11) is 0. The fraction of sp³-hybridized carbons (Fsp3) is 0.429. The van der Waals surface area contributed by atoms with Gasteiger partial charge in [-0.05, 0) is 32.4 Å². The van der Waals surface area contributed by atoms with Gasteiger partial charge in [0.25, 0.3) is 5.89 Å². The number of rotatable bonds is 6. The minimum atomic E-state index is -0.693. The molecule has 0 unspecified atom stereocenters. The third-order valence-electron chi connectivity index (χ3n) is 2.71. The molecular weight excluding hydrogens is 263 g/mol. The minimum Gasteiger partial charge on any atom is -0.345 e. The molecule has 2 aromatic rings. The lowest BCUT2D eigenvalue weighted by Crippen LogP contribution is -2.09. The van der Waals surface area contributed by atoms with E-state index in [4.69, 9.17) is 14.0 Å². The van der Waals surface area contributed by atoms with E-state index in [2.05, 4.69) is 10.1 Å². The molecule has 20 heavy (non-hydrogen) atoms. The molecule has 0 aliphatic rings. The normalized spacial score (nSPS) is 11.2. The van der Waals surface area contributed by atoms with Crippen molar-refractivity contribution >= 4 is 0 Å². The number of nitrogens with zero attached hydrogens (tertiary/aromatic N) is 2. The summed E-state index contributed by atoms with van der Waals surface area (Å²) in [6.45, 7) is 6.31. The van der Waals surface area contributed by atoms with Crippen molar-refractivity contribution in [2.24, 2.45) is 0 Å². The highest BCUT2D eigenvalue weighted by molar-refractivity contribution is 5.54. The van der Waals surface area contributed by atoms with Gasteiger partial charge in [-0.1, -0.05) is 17.3 Å². The summed E-state index contributed by atoms with van der Waals surface area (Å²) in [5, 5.41) is 3.83. The number of hydrogen-bond donors (Lipinski definition) is 0. The molecule has 1 aromatic heterocycles. The molecule has 0 saturated heterocycles. The van der Waals surface area contributed by atoms with Gasteiger partial charge < -0.3 is 14.0 Å². The summed E-state index contributed by atoms with van der Waals surface area (Å²) < 4.78 is 29.4. The van der Waals surface area contributed by atoms with E-state index in [1.54, 1.807) is 19.1 Å². The van der Waals surface area contributed by atoms with Gasteiger partial charge in [-0.25, -0.2) is 4.39 Å². The van der Waals surface area contributed by atoms with Crippen LogP contribution in [0.1, 0.15) is 31.6 Å². The van der Waals surface area contributed by atoms with E-state index in [1.165, 1.54) is 6.07 Å². The maximum Gasteiger partial charge on any atom is 0.283 e. The first-order chi connectivity index (χ1) is 9.65. The summed E-state index contributed by atoms with van der Waals surface area (Å²) in [6.07, 6.45) is -0.693. The molecule has 0 aliphatic heterocycles. The maximum absolute atomic E-state index is 13.5. The van der Waals surface area contributed by atoms with Crippen molar-refractivity contribution in [3.63, 3.8) is 0 Å². The SMILES string of the molecule is CCOC(OCC)c1nc(-c2ccc(C)c(F)c2)no1. The van der Waals surface area contributed by atoms with Crippen LogP contribution in [0.15, 0.2) is 22.7 Å². The lowest BCUT2D eigenvalue weighted by atomic mass is 10.1. The standard InChI is InChI=1S/C14H17FN2O3/c1-4-18-14(19-5-2)13-16-12(17-20-13)10-7-6-9(3)11(15)8-10/h6-8,14H,4-5H2,1-3H3. The Bertz CT molecular complexity index is 565. The number of benzene rings is 1. The van der Waals surface area contributed by atoms with Gasteiger partial charge in [-0.3, -0.25) is 0 Å². The number of hydrogen-bond acceptors (Lipinski definition) is 5. The van der Waals surface area contributed by atoms with Crippen LogP contribution in [0.25, 0.3) is 11.4 Å². The van der Waals surface area contributed by atoms with Gasteiger partial charge in [0.05, 0.1) is 0 Å². The first-order valence-electron chi connectivity index (χ1n) is 6.49. The van der Waals surface area contributed by atoms with Crippen LogP contribution in [-0.2, 0) is 9.47 Å². The molecule has 0 spiro atoms. The van der Waals surface area contributed by atoms with Crippen molar-refractivity contribution in [2.75, 3.05) is 13.2 Å². The number of halogens is 1. The van der Waals surface area contributed by atoms with Crippen molar-refractivity contribution in [3.05, 3.63) is 35.5 Å². The van der Waals surface area contributed by atoms with E-state index < -0.39 is 6.29 Å². The molecular formula is C14H17FN2O3. The number of aromatic nitrogens is 2. The summed E-state index contributed by atoms with van der Waals surface area (Å²) in [6, 6.07) is 4.78. The van der Waals surface area contributed by atoms with E-state index in [-0.39, 0.29) is 11.7 Å². The molecule has 108 valence electrons.